The highest BCUT2D eigenvalue weighted by Gasteiger charge is 2.06. The van der Waals surface area contributed by atoms with Crippen molar-refractivity contribution in [2.45, 2.75) is 33.6 Å². The third kappa shape index (κ3) is 4.88. The first kappa shape index (κ1) is 11.1. The fourth-order valence-electron chi connectivity index (χ4n) is 0.739. The lowest BCUT2D eigenvalue weighted by Crippen LogP contribution is -2.26. The number of rotatable bonds is 5. The summed E-state index contributed by atoms with van der Waals surface area (Å²) in [5.41, 5.74) is 0. The molecule has 1 amide bonds. The second-order valence-electron chi connectivity index (χ2n) is 3.07. The molecule has 0 rings (SSSR count). The molecule has 0 atom stereocenters. The molecule has 0 aliphatic heterocycles. The SMILES string of the molecule is CCC(=O)NCCC(=O)C(C)C.[HH]. The van der Waals surface area contributed by atoms with Crippen LogP contribution >= 0.6 is 0 Å². The van der Waals surface area contributed by atoms with Crippen LogP contribution in [0.3, 0.4) is 0 Å². The van der Waals surface area contributed by atoms with E-state index in [4.69, 9.17) is 0 Å². The van der Waals surface area contributed by atoms with Crippen LogP contribution in [0.1, 0.15) is 35.0 Å². The predicted molar refractivity (Wildman–Crippen MR) is 49.9 cm³/mol. The van der Waals surface area contributed by atoms with Crippen molar-refractivity contribution in [2.24, 2.45) is 5.92 Å². The van der Waals surface area contributed by atoms with Gasteiger partial charge in [0.25, 0.3) is 0 Å². The Balaban J connectivity index is 0. The van der Waals surface area contributed by atoms with Crippen LogP contribution < -0.4 is 5.32 Å². The van der Waals surface area contributed by atoms with Gasteiger partial charge in [0.1, 0.15) is 5.78 Å². The number of carbonyl (C=O) groups is 2. The van der Waals surface area contributed by atoms with Crippen LogP contribution in [0.25, 0.3) is 0 Å². The molecule has 0 fully saturated rings. The van der Waals surface area contributed by atoms with Crippen molar-refractivity contribution in [2.75, 3.05) is 6.54 Å². The van der Waals surface area contributed by atoms with Crippen molar-refractivity contribution < 1.29 is 11.0 Å². The van der Waals surface area contributed by atoms with Gasteiger partial charge >= 0.3 is 0 Å². The minimum Gasteiger partial charge on any atom is -0.356 e. The summed E-state index contributed by atoms with van der Waals surface area (Å²) >= 11 is 0. The summed E-state index contributed by atoms with van der Waals surface area (Å²) < 4.78 is 0. The number of hydrogen-bond acceptors (Lipinski definition) is 2. The van der Waals surface area contributed by atoms with Crippen LogP contribution in [0.4, 0.5) is 0 Å². The van der Waals surface area contributed by atoms with Crippen LogP contribution in [-0.2, 0) is 9.59 Å². The van der Waals surface area contributed by atoms with Crippen LogP contribution in [0.15, 0.2) is 0 Å². The van der Waals surface area contributed by atoms with E-state index < -0.39 is 0 Å². The number of hydrogen-bond donors (Lipinski definition) is 1. The fourth-order valence-corrected chi connectivity index (χ4v) is 0.739. The van der Waals surface area contributed by atoms with Gasteiger partial charge in [-0.3, -0.25) is 9.59 Å². The molecule has 0 aliphatic carbocycles. The average Bonchev–Trinajstić information content (AvgIpc) is 2.03. The molecule has 0 bridgehead atoms. The Morgan fingerprint density at radius 2 is 2.00 bits per heavy atom. The second kappa shape index (κ2) is 5.75. The summed E-state index contributed by atoms with van der Waals surface area (Å²) in [5.74, 6) is 0.279. The molecule has 72 valence electrons. The molecular formula is C9H19NO2. The molecule has 0 saturated heterocycles. The Morgan fingerprint density at radius 3 is 2.42 bits per heavy atom. The summed E-state index contributed by atoms with van der Waals surface area (Å²) in [5, 5.41) is 2.66. The van der Waals surface area contributed by atoms with Crippen LogP contribution in [-0.4, -0.2) is 18.2 Å². The molecule has 1 N–H and O–H groups in total. The molecule has 12 heavy (non-hydrogen) atoms. The smallest absolute Gasteiger partial charge is 0.219 e. The Labute approximate surface area is 75.0 Å². The summed E-state index contributed by atoms with van der Waals surface area (Å²) in [7, 11) is 0. The Morgan fingerprint density at radius 1 is 1.42 bits per heavy atom. The average molecular weight is 173 g/mol. The van der Waals surface area contributed by atoms with E-state index in [0.717, 1.165) is 0 Å². The molecule has 0 unspecified atom stereocenters. The molecule has 0 aromatic carbocycles. The third-order valence-corrected chi connectivity index (χ3v) is 1.66. The van der Waals surface area contributed by atoms with Gasteiger partial charge in [-0.15, -0.1) is 0 Å². The lowest BCUT2D eigenvalue weighted by atomic mass is 10.1. The van der Waals surface area contributed by atoms with Crippen molar-refractivity contribution in [1.82, 2.24) is 5.32 Å². The van der Waals surface area contributed by atoms with E-state index in [0.29, 0.717) is 19.4 Å². The van der Waals surface area contributed by atoms with Gasteiger partial charge in [-0.25, -0.2) is 0 Å². The van der Waals surface area contributed by atoms with Gasteiger partial charge in [0.2, 0.25) is 5.91 Å². The zero-order chi connectivity index (χ0) is 9.56. The topological polar surface area (TPSA) is 46.2 Å². The summed E-state index contributed by atoms with van der Waals surface area (Å²) in [6.07, 6.45) is 0.930. The number of carbonyl (C=O) groups excluding carboxylic acids is 2. The first-order valence-corrected chi connectivity index (χ1v) is 4.37. The molecule has 0 saturated carbocycles. The van der Waals surface area contributed by atoms with Crippen molar-refractivity contribution in [3.8, 4) is 0 Å². The van der Waals surface area contributed by atoms with Gasteiger partial charge in [0.05, 0.1) is 0 Å². The number of nitrogens with one attached hydrogen (secondary N) is 1. The minimum absolute atomic E-state index is 0. The second-order valence-corrected chi connectivity index (χ2v) is 3.07. The highest BCUT2D eigenvalue weighted by Crippen LogP contribution is 1.96. The molecule has 0 aliphatic rings. The van der Waals surface area contributed by atoms with E-state index in [1.54, 1.807) is 6.92 Å². The first-order valence-electron chi connectivity index (χ1n) is 4.37. The van der Waals surface area contributed by atoms with Gasteiger partial charge in [0.15, 0.2) is 0 Å². The third-order valence-electron chi connectivity index (χ3n) is 1.66. The Bertz CT molecular complexity index is 169. The maximum Gasteiger partial charge on any atom is 0.219 e. The summed E-state index contributed by atoms with van der Waals surface area (Å²) in [6, 6.07) is 0. The Hall–Kier alpha value is -0.860. The normalized spacial score (nSPS) is 10.0. The molecule has 0 aromatic heterocycles. The highest BCUT2D eigenvalue weighted by molar-refractivity contribution is 5.81. The van der Waals surface area contributed by atoms with Gasteiger partial charge in [-0.05, 0) is 0 Å². The molecule has 0 spiro atoms. The first-order chi connectivity index (χ1) is 5.57. The van der Waals surface area contributed by atoms with E-state index in [-0.39, 0.29) is 19.0 Å². The summed E-state index contributed by atoms with van der Waals surface area (Å²) in [6.45, 7) is 6.00. The van der Waals surface area contributed by atoms with Gasteiger partial charge in [0, 0.05) is 26.7 Å². The van der Waals surface area contributed by atoms with E-state index in [2.05, 4.69) is 5.32 Å². The monoisotopic (exact) mass is 173 g/mol. The lowest BCUT2D eigenvalue weighted by Gasteiger charge is -2.04. The number of Topliss-reactive ketones (excluding diaryl/α,β-unsaturated/α-hetero) is 1. The van der Waals surface area contributed by atoms with Crippen LogP contribution in [0, 0.1) is 5.92 Å². The van der Waals surface area contributed by atoms with Crippen LogP contribution in [0.5, 0.6) is 0 Å². The zero-order valence-electron chi connectivity index (χ0n) is 8.02. The van der Waals surface area contributed by atoms with Crippen molar-refractivity contribution in [3.63, 3.8) is 0 Å². The standard InChI is InChI=1S/C9H17NO2.H2/c1-4-9(12)10-6-5-8(11)7(2)3;/h7H,4-6H2,1-3H3,(H,10,12);1H. The largest absolute Gasteiger partial charge is 0.356 e. The maximum atomic E-state index is 11.1. The predicted octanol–water partition coefficient (Wildman–Crippen LogP) is 1.37. The van der Waals surface area contributed by atoms with E-state index >= 15 is 0 Å². The molecule has 3 nitrogen and oxygen atoms in total. The van der Waals surface area contributed by atoms with Crippen molar-refractivity contribution >= 4 is 11.7 Å². The van der Waals surface area contributed by atoms with Gasteiger partial charge < -0.3 is 5.32 Å². The quantitative estimate of drug-likeness (QED) is 0.682. The lowest BCUT2D eigenvalue weighted by molar-refractivity contribution is -0.122. The minimum atomic E-state index is 0. The van der Waals surface area contributed by atoms with Crippen molar-refractivity contribution in [3.05, 3.63) is 0 Å². The fraction of sp³-hybridized carbons (Fsp3) is 0.778. The molecule has 0 radical (unpaired) electrons. The number of amides is 1. The van der Waals surface area contributed by atoms with Gasteiger partial charge in [-0.2, -0.15) is 0 Å². The van der Waals surface area contributed by atoms with E-state index in [1.165, 1.54) is 0 Å². The van der Waals surface area contributed by atoms with E-state index in [1.807, 2.05) is 13.8 Å². The number of ketones is 1. The van der Waals surface area contributed by atoms with Crippen LogP contribution in [0.2, 0.25) is 0 Å². The molecular weight excluding hydrogens is 154 g/mol. The van der Waals surface area contributed by atoms with E-state index in [9.17, 15) is 9.59 Å². The van der Waals surface area contributed by atoms with Gasteiger partial charge in [-0.1, -0.05) is 20.8 Å². The highest BCUT2D eigenvalue weighted by atomic mass is 16.1. The maximum absolute atomic E-state index is 11.1. The molecule has 0 aromatic rings. The zero-order valence-corrected chi connectivity index (χ0v) is 8.02. The summed E-state index contributed by atoms with van der Waals surface area (Å²) in [4.78, 5) is 21.8. The molecule has 0 heterocycles. The Kier molecular flexibility index (Phi) is 5.34. The molecule has 3 heteroatoms. The van der Waals surface area contributed by atoms with Crippen molar-refractivity contribution in [1.29, 1.82) is 0 Å².